The summed E-state index contributed by atoms with van der Waals surface area (Å²) in [4.78, 5) is 13.7. The molecule has 1 heterocycles. The fourth-order valence-electron chi connectivity index (χ4n) is 1.86. The van der Waals surface area contributed by atoms with E-state index in [1.807, 2.05) is 4.90 Å². The van der Waals surface area contributed by atoms with Crippen molar-refractivity contribution in [1.29, 1.82) is 0 Å². The number of aromatic hydroxyl groups is 1. The van der Waals surface area contributed by atoms with E-state index in [1.165, 1.54) is 6.21 Å². The van der Waals surface area contributed by atoms with Gasteiger partial charge in [-0.3, -0.25) is 9.69 Å². The van der Waals surface area contributed by atoms with Crippen molar-refractivity contribution in [3.8, 4) is 5.75 Å². The normalized spacial score (nSPS) is 16.3. The van der Waals surface area contributed by atoms with Crippen molar-refractivity contribution in [2.45, 2.75) is 0 Å². The lowest BCUT2D eigenvalue weighted by molar-refractivity contribution is -0.123. The number of morpholine rings is 1. The highest BCUT2D eigenvalue weighted by atomic mass is 79.9. The average Bonchev–Trinajstić information content (AvgIpc) is 2.45. The number of amides is 1. The molecule has 1 aromatic carbocycles. The summed E-state index contributed by atoms with van der Waals surface area (Å²) in [6, 6.07) is 3.13. The number of phenolic OH excluding ortho intramolecular Hbond substituents is 1. The lowest BCUT2D eigenvalue weighted by Gasteiger charge is -2.25. The molecule has 0 saturated carbocycles. The van der Waals surface area contributed by atoms with Crippen molar-refractivity contribution in [2.75, 3.05) is 32.8 Å². The zero-order valence-corrected chi connectivity index (χ0v) is 13.5. The summed E-state index contributed by atoms with van der Waals surface area (Å²) in [5.41, 5.74) is 2.84. The van der Waals surface area contributed by atoms with E-state index in [2.05, 4.69) is 26.5 Å². The van der Waals surface area contributed by atoms with Crippen molar-refractivity contribution in [3.05, 3.63) is 27.2 Å². The molecule has 1 fully saturated rings. The van der Waals surface area contributed by atoms with Crippen molar-refractivity contribution in [1.82, 2.24) is 10.3 Å². The van der Waals surface area contributed by atoms with Gasteiger partial charge in [0.1, 0.15) is 5.75 Å². The first-order chi connectivity index (χ1) is 10.1. The number of phenols is 1. The number of hydrogen-bond donors (Lipinski definition) is 2. The Balaban J connectivity index is 1.88. The summed E-state index contributed by atoms with van der Waals surface area (Å²) in [7, 11) is 0. The van der Waals surface area contributed by atoms with Crippen molar-refractivity contribution in [3.63, 3.8) is 0 Å². The maximum absolute atomic E-state index is 11.7. The monoisotopic (exact) mass is 375 g/mol. The molecular formula is C13H15BrClN3O3. The topological polar surface area (TPSA) is 74.2 Å². The number of carbonyl (C=O) groups is 1. The van der Waals surface area contributed by atoms with Crippen LogP contribution in [0.15, 0.2) is 21.7 Å². The zero-order chi connectivity index (χ0) is 15.2. The number of benzene rings is 1. The van der Waals surface area contributed by atoms with E-state index >= 15 is 0 Å². The van der Waals surface area contributed by atoms with Crippen LogP contribution in [0.2, 0.25) is 5.02 Å². The first-order valence-electron chi connectivity index (χ1n) is 6.36. The van der Waals surface area contributed by atoms with Gasteiger partial charge in [0.05, 0.1) is 30.4 Å². The number of rotatable bonds is 4. The number of nitrogens with zero attached hydrogens (tertiary/aromatic N) is 2. The minimum atomic E-state index is -0.214. The molecule has 114 valence electrons. The Hall–Kier alpha value is -1.15. The molecule has 1 aromatic rings. The number of hydrogen-bond acceptors (Lipinski definition) is 5. The summed E-state index contributed by atoms with van der Waals surface area (Å²) in [6.45, 7) is 3.02. The lowest BCUT2D eigenvalue weighted by Crippen LogP contribution is -2.42. The van der Waals surface area contributed by atoms with Crippen LogP contribution in [0.1, 0.15) is 5.56 Å². The fourth-order valence-corrected chi connectivity index (χ4v) is 2.69. The molecule has 0 spiro atoms. The van der Waals surface area contributed by atoms with Crippen LogP contribution < -0.4 is 5.43 Å². The van der Waals surface area contributed by atoms with E-state index in [0.717, 1.165) is 13.1 Å². The van der Waals surface area contributed by atoms with Crippen LogP contribution in [-0.4, -0.2) is 55.0 Å². The van der Waals surface area contributed by atoms with Gasteiger partial charge in [0.15, 0.2) is 0 Å². The van der Waals surface area contributed by atoms with Crippen molar-refractivity contribution >= 4 is 39.7 Å². The van der Waals surface area contributed by atoms with Gasteiger partial charge in [0.25, 0.3) is 5.91 Å². The van der Waals surface area contributed by atoms with Crippen molar-refractivity contribution in [2.24, 2.45) is 5.10 Å². The van der Waals surface area contributed by atoms with E-state index in [-0.39, 0.29) is 18.2 Å². The van der Waals surface area contributed by atoms with Crippen LogP contribution in [0.3, 0.4) is 0 Å². The van der Waals surface area contributed by atoms with E-state index in [9.17, 15) is 9.90 Å². The van der Waals surface area contributed by atoms with Gasteiger partial charge in [0.2, 0.25) is 0 Å². The average molecular weight is 377 g/mol. The van der Waals surface area contributed by atoms with Crippen LogP contribution in [0.4, 0.5) is 0 Å². The second-order valence-corrected chi connectivity index (χ2v) is 5.80. The summed E-state index contributed by atoms with van der Waals surface area (Å²) < 4.78 is 5.68. The van der Waals surface area contributed by atoms with Crippen LogP contribution >= 0.6 is 27.5 Å². The second-order valence-electron chi connectivity index (χ2n) is 4.51. The summed E-state index contributed by atoms with van der Waals surface area (Å²) in [6.07, 6.45) is 1.35. The highest BCUT2D eigenvalue weighted by molar-refractivity contribution is 9.10. The van der Waals surface area contributed by atoms with E-state index < -0.39 is 0 Å². The molecule has 1 aliphatic rings. The number of halogens is 2. The summed E-state index contributed by atoms with van der Waals surface area (Å²) >= 11 is 9.07. The third-order valence-corrected chi connectivity index (χ3v) is 3.74. The molecule has 0 aromatic heterocycles. The number of ether oxygens (including phenoxy) is 1. The molecule has 6 nitrogen and oxygen atoms in total. The molecule has 8 heteroatoms. The summed E-state index contributed by atoms with van der Waals surface area (Å²) in [5.74, 6) is -0.195. The fraction of sp³-hybridized carbons (Fsp3) is 0.385. The Bertz CT molecular complexity index is 548. The molecule has 0 atom stereocenters. The quantitative estimate of drug-likeness (QED) is 0.618. The Morgan fingerprint density at radius 2 is 2.24 bits per heavy atom. The molecule has 1 saturated heterocycles. The first kappa shape index (κ1) is 16.2. The number of carbonyl (C=O) groups excluding carboxylic acids is 1. The Morgan fingerprint density at radius 1 is 1.52 bits per heavy atom. The maximum Gasteiger partial charge on any atom is 0.254 e. The summed E-state index contributed by atoms with van der Waals surface area (Å²) in [5, 5.41) is 14.1. The molecule has 2 N–H and O–H groups in total. The van der Waals surface area contributed by atoms with E-state index in [0.29, 0.717) is 28.3 Å². The molecule has 0 aliphatic carbocycles. The van der Waals surface area contributed by atoms with Crippen molar-refractivity contribution < 1.29 is 14.6 Å². The van der Waals surface area contributed by atoms with Gasteiger partial charge >= 0.3 is 0 Å². The standard InChI is InChI=1S/C13H15BrClN3O3/c14-11-6-10(15)5-9(13(11)20)7-16-17-12(19)8-18-1-3-21-4-2-18/h5-7,20H,1-4,8H2,(H,17,19)/b16-7+. The molecule has 0 unspecified atom stereocenters. The third kappa shape index (κ3) is 4.96. The molecule has 0 radical (unpaired) electrons. The third-order valence-electron chi connectivity index (χ3n) is 2.92. The lowest BCUT2D eigenvalue weighted by atomic mass is 10.2. The van der Waals surface area contributed by atoms with Gasteiger partial charge < -0.3 is 9.84 Å². The predicted octanol–water partition coefficient (Wildman–Crippen LogP) is 1.59. The minimum absolute atomic E-state index is 0.0191. The largest absolute Gasteiger partial charge is 0.506 e. The van der Waals surface area contributed by atoms with E-state index in [4.69, 9.17) is 16.3 Å². The SMILES string of the molecule is O=C(CN1CCOCC1)N/N=C/c1cc(Cl)cc(Br)c1O. The number of nitrogens with one attached hydrogen (secondary N) is 1. The Morgan fingerprint density at radius 3 is 2.95 bits per heavy atom. The van der Waals surface area contributed by atoms with Gasteiger partial charge in [-0.1, -0.05) is 11.6 Å². The first-order valence-corrected chi connectivity index (χ1v) is 7.53. The maximum atomic E-state index is 11.7. The molecule has 21 heavy (non-hydrogen) atoms. The van der Waals surface area contributed by atoms with Gasteiger partial charge in [-0.15, -0.1) is 0 Å². The molecule has 1 amide bonds. The van der Waals surface area contributed by atoms with Crippen LogP contribution in [-0.2, 0) is 9.53 Å². The van der Waals surface area contributed by atoms with E-state index in [1.54, 1.807) is 12.1 Å². The zero-order valence-electron chi connectivity index (χ0n) is 11.2. The predicted molar refractivity (Wildman–Crippen MR) is 83.8 cm³/mol. The van der Waals surface area contributed by atoms with Gasteiger partial charge in [-0.25, -0.2) is 5.43 Å². The second kappa shape index (κ2) is 7.74. The minimum Gasteiger partial charge on any atom is -0.506 e. The van der Waals surface area contributed by atoms with Crippen LogP contribution in [0.25, 0.3) is 0 Å². The van der Waals surface area contributed by atoms with Gasteiger partial charge in [-0.05, 0) is 28.1 Å². The van der Waals surface area contributed by atoms with Gasteiger partial charge in [0, 0.05) is 23.7 Å². The molecule has 1 aliphatic heterocycles. The smallest absolute Gasteiger partial charge is 0.254 e. The Kier molecular flexibility index (Phi) is 5.98. The number of hydrazone groups is 1. The molecular weight excluding hydrogens is 362 g/mol. The highest BCUT2D eigenvalue weighted by Gasteiger charge is 2.13. The van der Waals surface area contributed by atoms with Crippen LogP contribution in [0.5, 0.6) is 5.75 Å². The molecule has 2 rings (SSSR count). The highest BCUT2D eigenvalue weighted by Crippen LogP contribution is 2.30. The van der Waals surface area contributed by atoms with Gasteiger partial charge in [-0.2, -0.15) is 5.10 Å². The molecule has 0 bridgehead atoms. The van der Waals surface area contributed by atoms with Crippen LogP contribution in [0, 0.1) is 0 Å². The Labute approximate surface area is 135 Å².